The number of hydrogen-bond acceptors (Lipinski definition) is 1. The van der Waals surface area contributed by atoms with Crippen LogP contribution in [0.3, 0.4) is 0 Å². The van der Waals surface area contributed by atoms with Gasteiger partial charge >= 0.3 is 0 Å². The Morgan fingerprint density at radius 3 is 1.00 bits per heavy atom. The summed E-state index contributed by atoms with van der Waals surface area (Å²) in [6.07, 6.45) is 6.44. The Hall–Kier alpha value is -0.720. The molecule has 0 aromatic heterocycles. The Morgan fingerprint density at radius 2 is 0.842 bits per heavy atom. The second-order valence-corrected chi connectivity index (χ2v) is 5.63. The third kappa shape index (κ3) is 3.64. The highest BCUT2D eigenvalue weighted by molar-refractivity contribution is 5.11. The third-order valence-electron chi connectivity index (χ3n) is 5.49. The van der Waals surface area contributed by atoms with Crippen molar-refractivity contribution in [3.63, 3.8) is 0 Å². The number of allylic oxidation sites excluding steroid dienone is 2. The molecule has 0 fully saturated rings. The summed E-state index contributed by atoms with van der Waals surface area (Å²) in [5, 5.41) is 0. The van der Waals surface area contributed by atoms with Crippen molar-refractivity contribution in [2.24, 2.45) is 10.8 Å². The van der Waals surface area contributed by atoms with Gasteiger partial charge in [-0.15, -0.1) is 0 Å². The molecular weight excluding hydrogens is 232 g/mol. The van der Waals surface area contributed by atoms with Crippen LogP contribution >= 0.6 is 0 Å². The van der Waals surface area contributed by atoms with Crippen molar-refractivity contribution < 1.29 is 4.74 Å². The van der Waals surface area contributed by atoms with Crippen LogP contribution in [-0.4, -0.2) is 0 Å². The first-order chi connectivity index (χ1) is 8.91. The summed E-state index contributed by atoms with van der Waals surface area (Å²) >= 11 is 0. The van der Waals surface area contributed by atoms with Crippen molar-refractivity contribution in [2.75, 3.05) is 0 Å². The molecule has 0 radical (unpaired) electrons. The highest BCUT2D eigenvalue weighted by atomic mass is 16.5. The van der Waals surface area contributed by atoms with Gasteiger partial charge in [0.15, 0.2) is 0 Å². The summed E-state index contributed by atoms with van der Waals surface area (Å²) in [5.41, 5.74) is 0.202. The summed E-state index contributed by atoms with van der Waals surface area (Å²) in [5.74, 6) is 1.81. The zero-order valence-corrected chi connectivity index (χ0v) is 14.1. The zero-order valence-electron chi connectivity index (χ0n) is 14.1. The molecule has 0 saturated heterocycles. The molecule has 0 aromatic carbocycles. The Kier molecular flexibility index (Phi) is 7.47. The van der Waals surface area contributed by atoms with Gasteiger partial charge in [0, 0.05) is 10.8 Å². The molecule has 0 spiro atoms. The maximum Gasteiger partial charge on any atom is 0.103 e. The van der Waals surface area contributed by atoms with E-state index in [9.17, 15) is 0 Å². The molecule has 0 atom stereocenters. The minimum atomic E-state index is 0.101. The van der Waals surface area contributed by atoms with E-state index in [0.29, 0.717) is 0 Å². The van der Waals surface area contributed by atoms with Crippen molar-refractivity contribution in [1.82, 2.24) is 0 Å². The lowest BCUT2D eigenvalue weighted by Gasteiger charge is -2.37. The number of ether oxygens (including phenoxy) is 1. The topological polar surface area (TPSA) is 9.23 Å². The van der Waals surface area contributed by atoms with E-state index in [-0.39, 0.29) is 10.8 Å². The second-order valence-electron chi connectivity index (χ2n) is 5.63. The summed E-state index contributed by atoms with van der Waals surface area (Å²) in [4.78, 5) is 0. The molecule has 1 nitrogen and oxygen atoms in total. The predicted molar refractivity (Wildman–Crippen MR) is 86.0 cm³/mol. The molecule has 0 aromatic rings. The van der Waals surface area contributed by atoms with Gasteiger partial charge in [-0.3, -0.25) is 0 Å². The fourth-order valence-corrected chi connectivity index (χ4v) is 3.05. The van der Waals surface area contributed by atoms with Gasteiger partial charge < -0.3 is 4.74 Å². The van der Waals surface area contributed by atoms with E-state index in [4.69, 9.17) is 4.74 Å². The molecule has 0 amide bonds. The minimum absolute atomic E-state index is 0.101. The van der Waals surface area contributed by atoms with Gasteiger partial charge in [0.25, 0.3) is 0 Å². The highest BCUT2D eigenvalue weighted by Crippen LogP contribution is 2.44. The standard InChI is InChI=1S/C18H34O/c1-9-17(10-2,11-3)15(7)19-16(8)18(12-4,13-5)14-6/h7-14H2,1-6H3. The maximum absolute atomic E-state index is 6.14. The van der Waals surface area contributed by atoms with Gasteiger partial charge in [-0.05, 0) is 38.5 Å². The van der Waals surface area contributed by atoms with Gasteiger partial charge in [0.2, 0.25) is 0 Å². The zero-order chi connectivity index (χ0) is 15.1. The van der Waals surface area contributed by atoms with Crippen LogP contribution in [0.2, 0.25) is 0 Å². The Bertz CT molecular complexity index is 246. The van der Waals surface area contributed by atoms with E-state index in [1.165, 1.54) is 0 Å². The molecule has 0 aliphatic rings. The van der Waals surface area contributed by atoms with E-state index in [2.05, 4.69) is 54.7 Å². The molecule has 0 aliphatic carbocycles. The second kappa shape index (κ2) is 7.77. The van der Waals surface area contributed by atoms with E-state index in [1.807, 2.05) is 0 Å². The van der Waals surface area contributed by atoms with Crippen LogP contribution in [0.1, 0.15) is 80.1 Å². The van der Waals surface area contributed by atoms with Crippen LogP contribution in [-0.2, 0) is 4.74 Å². The van der Waals surface area contributed by atoms with Crippen molar-refractivity contribution in [3.05, 3.63) is 24.7 Å². The molecule has 19 heavy (non-hydrogen) atoms. The Labute approximate surface area is 121 Å². The number of hydrogen-bond donors (Lipinski definition) is 0. The highest BCUT2D eigenvalue weighted by Gasteiger charge is 2.34. The fourth-order valence-electron chi connectivity index (χ4n) is 3.05. The maximum atomic E-state index is 6.14. The van der Waals surface area contributed by atoms with Crippen LogP contribution in [0.15, 0.2) is 24.7 Å². The Balaban J connectivity index is 5.04. The van der Waals surface area contributed by atoms with Gasteiger partial charge in [-0.25, -0.2) is 0 Å². The summed E-state index contributed by atoms with van der Waals surface area (Å²) in [7, 11) is 0. The van der Waals surface area contributed by atoms with Crippen LogP contribution in [0, 0.1) is 10.8 Å². The van der Waals surface area contributed by atoms with E-state index in [0.717, 1.165) is 50.0 Å². The quantitative estimate of drug-likeness (QED) is 0.412. The average Bonchev–Trinajstić information content (AvgIpc) is 2.44. The van der Waals surface area contributed by atoms with E-state index < -0.39 is 0 Å². The van der Waals surface area contributed by atoms with Crippen molar-refractivity contribution in [3.8, 4) is 0 Å². The van der Waals surface area contributed by atoms with E-state index in [1.54, 1.807) is 0 Å². The summed E-state index contributed by atoms with van der Waals surface area (Å²) in [6, 6.07) is 0. The number of rotatable bonds is 10. The van der Waals surface area contributed by atoms with Crippen molar-refractivity contribution in [1.29, 1.82) is 0 Å². The van der Waals surface area contributed by atoms with E-state index >= 15 is 0 Å². The molecule has 0 unspecified atom stereocenters. The lowest BCUT2D eigenvalue weighted by molar-refractivity contribution is 0.105. The van der Waals surface area contributed by atoms with Crippen LogP contribution < -0.4 is 0 Å². The lowest BCUT2D eigenvalue weighted by atomic mass is 9.76. The molecule has 0 N–H and O–H groups in total. The molecule has 112 valence electrons. The average molecular weight is 266 g/mol. The van der Waals surface area contributed by atoms with Crippen molar-refractivity contribution >= 4 is 0 Å². The largest absolute Gasteiger partial charge is 0.466 e. The van der Waals surface area contributed by atoms with Crippen LogP contribution in [0.5, 0.6) is 0 Å². The Morgan fingerprint density at radius 1 is 0.632 bits per heavy atom. The first kappa shape index (κ1) is 18.3. The smallest absolute Gasteiger partial charge is 0.103 e. The van der Waals surface area contributed by atoms with Gasteiger partial charge in [0.1, 0.15) is 11.5 Å². The van der Waals surface area contributed by atoms with Gasteiger partial charge in [0.05, 0.1) is 0 Å². The first-order valence-electron chi connectivity index (χ1n) is 7.98. The first-order valence-corrected chi connectivity index (χ1v) is 7.98. The molecule has 0 saturated carbocycles. The summed E-state index contributed by atoms with van der Waals surface area (Å²) in [6.45, 7) is 21.7. The van der Waals surface area contributed by atoms with Gasteiger partial charge in [-0.1, -0.05) is 54.7 Å². The molecular formula is C18H34O. The lowest BCUT2D eigenvalue weighted by Crippen LogP contribution is -2.27. The predicted octanol–water partition coefficient (Wildman–Crippen LogP) is 6.46. The normalized spacial score (nSPS) is 12.3. The molecule has 0 bridgehead atoms. The monoisotopic (exact) mass is 266 g/mol. The van der Waals surface area contributed by atoms with Crippen LogP contribution in [0.25, 0.3) is 0 Å². The SMILES string of the molecule is C=C(OC(=C)C(CC)(CC)CC)C(CC)(CC)CC. The fraction of sp³-hybridized carbons (Fsp3) is 0.778. The summed E-state index contributed by atoms with van der Waals surface area (Å²) < 4.78 is 6.14. The van der Waals surface area contributed by atoms with Crippen molar-refractivity contribution in [2.45, 2.75) is 80.1 Å². The third-order valence-corrected chi connectivity index (χ3v) is 5.49. The molecule has 0 aliphatic heterocycles. The molecule has 1 heteroatoms. The molecule has 0 rings (SSSR count). The molecule has 0 heterocycles. The van der Waals surface area contributed by atoms with Crippen LogP contribution in [0.4, 0.5) is 0 Å². The minimum Gasteiger partial charge on any atom is -0.466 e. The van der Waals surface area contributed by atoms with Gasteiger partial charge in [-0.2, -0.15) is 0 Å².